The van der Waals surface area contributed by atoms with Crippen molar-refractivity contribution >= 4 is 33.9 Å². The summed E-state index contributed by atoms with van der Waals surface area (Å²) in [5.74, 6) is 1.23. The Morgan fingerprint density at radius 2 is 1.84 bits per heavy atom. The van der Waals surface area contributed by atoms with Crippen molar-refractivity contribution in [3.05, 3.63) is 48.2 Å². The van der Waals surface area contributed by atoms with Crippen LogP contribution in [0.2, 0.25) is 0 Å². The Labute approximate surface area is 190 Å². The maximum atomic E-state index is 4.97. The van der Waals surface area contributed by atoms with Gasteiger partial charge in [-0.25, -0.2) is 9.97 Å². The average Bonchev–Trinajstić information content (AvgIpc) is 3.32. The zero-order valence-corrected chi connectivity index (χ0v) is 19.4. The summed E-state index contributed by atoms with van der Waals surface area (Å²) in [6.07, 6.45) is 7.03. The van der Waals surface area contributed by atoms with Crippen molar-refractivity contribution in [1.82, 2.24) is 15.3 Å². The molecule has 5 rings (SSSR count). The fourth-order valence-electron chi connectivity index (χ4n) is 5.27. The Kier molecular flexibility index (Phi) is 5.64. The Morgan fingerprint density at radius 1 is 1.06 bits per heavy atom. The van der Waals surface area contributed by atoms with Gasteiger partial charge in [0.15, 0.2) is 0 Å². The third-order valence-corrected chi connectivity index (χ3v) is 6.88. The van der Waals surface area contributed by atoms with Crippen LogP contribution >= 0.6 is 0 Å². The number of hydrogen-bond acceptors (Lipinski definition) is 6. The highest BCUT2D eigenvalue weighted by Crippen LogP contribution is 2.41. The summed E-state index contributed by atoms with van der Waals surface area (Å²) in [6, 6.07) is 12.9. The topological polar surface area (TPSA) is 65.1 Å². The largest absolute Gasteiger partial charge is 0.388 e. The SMILES string of the molecule is CNc1ccc2cnc(Nc3ccc(N4CCNC(C)(C)C4)cc3)nc2c1C1CCCC1. The van der Waals surface area contributed by atoms with E-state index in [1.165, 1.54) is 42.6 Å². The zero-order chi connectivity index (χ0) is 22.1. The molecule has 1 aliphatic carbocycles. The van der Waals surface area contributed by atoms with Gasteiger partial charge in [0.1, 0.15) is 0 Å². The van der Waals surface area contributed by atoms with E-state index in [2.05, 4.69) is 76.1 Å². The molecular weight excluding hydrogens is 396 g/mol. The first kappa shape index (κ1) is 21.0. The highest BCUT2D eigenvalue weighted by Gasteiger charge is 2.26. The molecule has 1 aromatic heterocycles. The Balaban J connectivity index is 1.40. The second-order valence-electron chi connectivity index (χ2n) is 9.79. The van der Waals surface area contributed by atoms with Crippen LogP contribution in [0.4, 0.5) is 23.0 Å². The molecule has 0 radical (unpaired) electrons. The lowest BCUT2D eigenvalue weighted by Crippen LogP contribution is -2.57. The molecule has 6 nitrogen and oxygen atoms in total. The Morgan fingerprint density at radius 3 is 2.56 bits per heavy atom. The first-order chi connectivity index (χ1) is 15.5. The number of hydrogen-bond donors (Lipinski definition) is 3. The summed E-state index contributed by atoms with van der Waals surface area (Å²) in [4.78, 5) is 12.0. The van der Waals surface area contributed by atoms with E-state index < -0.39 is 0 Å². The Hall–Kier alpha value is -2.86. The summed E-state index contributed by atoms with van der Waals surface area (Å²) >= 11 is 0. The second-order valence-corrected chi connectivity index (χ2v) is 9.79. The van der Waals surface area contributed by atoms with E-state index in [0.29, 0.717) is 11.9 Å². The van der Waals surface area contributed by atoms with Gasteiger partial charge < -0.3 is 20.9 Å². The number of nitrogens with one attached hydrogen (secondary N) is 3. The predicted octanol–water partition coefficient (Wildman–Crippen LogP) is 5.26. The smallest absolute Gasteiger partial charge is 0.227 e. The predicted molar refractivity (Wildman–Crippen MR) is 134 cm³/mol. The number of anilines is 4. The van der Waals surface area contributed by atoms with Crippen molar-refractivity contribution < 1.29 is 0 Å². The molecule has 0 amide bonds. The number of benzene rings is 2. The number of nitrogens with zero attached hydrogens (tertiary/aromatic N) is 3. The molecule has 2 aromatic carbocycles. The summed E-state index contributed by atoms with van der Waals surface area (Å²) in [7, 11) is 2.00. The van der Waals surface area contributed by atoms with Crippen molar-refractivity contribution in [3.8, 4) is 0 Å². The van der Waals surface area contributed by atoms with Crippen LogP contribution in [0.5, 0.6) is 0 Å². The average molecular weight is 431 g/mol. The molecule has 0 bridgehead atoms. The van der Waals surface area contributed by atoms with E-state index >= 15 is 0 Å². The van der Waals surface area contributed by atoms with E-state index in [1.807, 2.05) is 13.2 Å². The van der Waals surface area contributed by atoms with Gasteiger partial charge in [0.05, 0.1) is 5.52 Å². The van der Waals surface area contributed by atoms with E-state index in [1.54, 1.807) is 0 Å². The molecule has 2 fully saturated rings. The molecule has 32 heavy (non-hydrogen) atoms. The highest BCUT2D eigenvalue weighted by molar-refractivity contribution is 5.88. The van der Waals surface area contributed by atoms with Gasteiger partial charge in [-0.3, -0.25) is 0 Å². The minimum atomic E-state index is 0.136. The van der Waals surface area contributed by atoms with Crippen molar-refractivity contribution in [2.75, 3.05) is 42.2 Å². The van der Waals surface area contributed by atoms with Crippen molar-refractivity contribution in [2.45, 2.75) is 51.0 Å². The van der Waals surface area contributed by atoms with Crippen molar-refractivity contribution in [1.29, 1.82) is 0 Å². The van der Waals surface area contributed by atoms with Gasteiger partial charge in [0.2, 0.25) is 5.95 Å². The third kappa shape index (κ3) is 4.24. The van der Waals surface area contributed by atoms with Crippen molar-refractivity contribution in [2.24, 2.45) is 0 Å². The van der Waals surface area contributed by atoms with Crippen LogP contribution in [-0.4, -0.2) is 42.2 Å². The third-order valence-electron chi connectivity index (χ3n) is 6.88. The van der Waals surface area contributed by atoms with E-state index in [-0.39, 0.29) is 5.54 Å². The monoisotopic (exact) mass is 430 g/mol. The summed E-state index contributed by atoms with van der Waals surface area (Å²) < 4.78 is 0. The fraction of sp³-hybridized carbons (Fsp3) is 0.462. The maximum Gasteiger partial charge on any atom is 0.227 e. The van der Waals surface area contributed by atoms with E-state index in [9.17, 15) is 0 Å². The molecule has 3 aromatic rings. The van der Waals surface area contributed by atoms with Gasteiger partial charge in [0.25, 0.3) is 0 Å². The summed E-state index contributed by atoms with van der Waals surface area (Å²) in [5.41, 5.74) is 6.02. The van der Waals surface area contributed by atoms with Crippen molar-refractivity contribution in [3.63, 3.8) is 0 Å². The lowest BCUT2D eigenvalue weighted by molar-refractivity contribution is 0.353. The fourth-order valence-corrected chi connectivity index (χ4v) is 5.27. The van der Waals surface area contributed by atoms with Gasteiger partial charge in [-0.15, -0.1) is 0 Å². The van der Waals surface area contributed by atoms with Gasteiger partial charge in [-0.2, -0.15) is 0 Å². The van der Waals surface area contributed by atoms with Gasteiger partial charge in [-0.1, -0.05) is 12.8 Å². The zero-order valence-electron chi connectivity index (χ0n) is 19.4. The molecule has 2 aliphatic rings. The first-order valence-electron chi connectivity index (χ1n) is 11.9. The van der Waals surface area contributed by atoms with E-state index in [0.717, 1.165) is 36.2 Å². The lowest BCUT2D eigenvalue weighted by atomic mass is 9.93. The molecule has 1 saturated carbocycles. The second kappa shape index (κ2) is 8.58. The van der Waals surface area contributed by atoms with Crippen LogP contribution in [0.25, 0.3) is 10.9 Å². The lowest BCUT2D eigenvalue weighted by Gasteiger charge is -2.40. The highest BCUT2D eigenvalue weighted by atomic mass is 15.2. The minimum Gasteiger partial charge on any atom is -0.388 e. The number of fused-ring (bicyclic) bond motifs is 1. The van der Waals surface area contributed by atoms with Gasteiger partial charge >= 0.3 is 0 Å². The number of aromatic nitrogens is 2. The molecule has 6 heteroatoms. The van der Waals surface area contributed by atoms with Crippen LogP contribution in [0, 0.1) is 0 Å². The number of piperazine rings is 1. The van der Waals surface area contributed by atoms with Crippen LogP contribution in [0.3, 0.4) is 0 Å². The maximum absolute atomic E-state index is 4.97. The quantitative estimate of drug-likeness (QED) is 0.513. The first-order valence-corrected chi connectivity index (χ1v) is 11.9. The molecule has 2 heterocycles. The van der Waals surface area contributed by atoms with Gasteiger partial charge in [0, 0.05) is 66.4 Å². The minimum absolute atomic E-state index is 0.136. The van der Waals surface area contributed by atoms with Crippen LogP contribution in [0.15, 0.2) is 42.6 Å². The van der Waals surface area contributed by atoms with Crippen LogP contribution in [0.1, 0.15) is 51.0 Å². The standard InChI is InChI=1S/C26H34N6/c1-26(2)17-32(15-14-29-26)21-11-9-20(10-12-21)30-25-28-16-19-8-13-22(27-3)23(24(19)31-25)18-6-4-5-7-18/h8-13,16,18,27,29H,4-7,14-15,17H2,1-3H3,(H,28,30,31). The van der Waals surface area contributed by atoms with Gasteiger partial charge in [-0.05, 0) is 69.0 Å². The molecule has 3 N–H and O–H groups in total. The molecule has 0 unspecified atom stereocenters. The van der Waals surface area contributed by atoms with E-state index in [4.69, 9.17) is 4.98 Å². The molecule has 168 valence electrons. The van der Waals surface area contributed by atoms with Crippen LogP contribution in [-0.2, 0) is 0 Å². The molecule has 0 spiro atoms. The molecule has 1 saturated heterocycles. The molecular formula is C26H34N6. The summed E-state index contributed by atoms with van der Waals surface area (Å²) in [6.45, 7) is 7.56. The van der Waals surface area contributed by atoms with Crippen LogP contribution < -0.4 is 20.9 Å². The summed E-state index contributed by atoms with van der Waals surface area (Å²) in [5, 5.41) is 11.5. The normalized spacial score (nSPS) is 18.8. The number of rotatable bonds is 5. The molecule has 1 aliphatic heterocycles. The Bertz CT molecular complexity index is 1090. The molecule has 0 atom stereocenters.